The topological polar surface area (TPSA) is 84.5 Å². The van der Waals surface area contributed by atoms with Crippen LogP contribution in [-0.2, 0) is 18.3 Å². The second-order valence-corrected chi connectivity index (χ2v) is 6.28. The molecule has 2 aromatic rings. The Morgan fingerprint density at radius 1 is 1.40 bits per heavy atom. The minimum atomic E-state index is -0.361. The molecule has 1 aliphatic rings. The van der Waals surface area contributed by atoms with Gasteiger partial charge in [0.05, 0.1) is 22.8 Å². The summed E-state index contributed by atoms with van der Waals surface area (Å²) < 4.78 is 1.67. The van der Waals surface area contributed by atoms with E-state index in [1.54, 1.807) is 34.0 Å². The molecule has 3 rings (SSSR count). The van der Waals surface area contributed by atoms with Crippen LogP contribution in [0, 0.1) is 10.1 Å². The van der Waals surface area contributed by atoms with Crippen molar-refractivity contribution in [2.75, 3.05) is 25.0 Å². The predicted octanol–water partition coefficient (Wildman–Crippen LogP) is 1.61. The van der Waals surface area contributed by atoms with Crippen molar-refractivity contribution in [3.63, 3.8) is 0 Å². The van der Waals surface area contributed by atoms with Crippen LogP contribution >= 0.6 is 0 Å². The van der Waals surface area contributed by atoms with Crippen LogP contribution in [0.5, 0.6) is 0 Å². The number of likely N-dealkylation sites (N-methyl/N-ethyl adjacent to an activating group) is 1. The molecule has 0 spiro atoms. The molecule has 132 valence electrons. The standard InChI is InChI=1S/C17H21N5O3/c1-19(9-7-13-5-3-4-6-15(13)22(24)25)16-8-10-21(17(16)23)14-11-18-20(2)12-14/h3-6,11-12,16H,7-10H2,1-2H3/t16-/m1/s1. The molecular weight excluding hydrogens is 322 g/mol. The van der Waals surface area contributed by atoms with Crippen molar-refractivity contribution in [1.82, 2.24) is 14.7 Å². The molecule has 25 heavy (non-hydrogen) atoms. The SMILES string of the molecule is CN(CCc1ccccc1[N+](=O)[O-])[C@@H]1CCN(c2cnn(C)c2)C1=O. The Kier molecular flexibility index (Phi) is 4.80. The van der Waals surface area contributed by atoms with Crippen LogP contribution in [0.3, 0.4) is 0 Å². The first-order valence-corrected chi connectivity index (χ1v) is 8.20. The number of para-hydroxylation sites is 1. The van der Waals surface area contributed by atoms with Crippen LogP contribution in [-0.4, -0.2) is 51.7 Å². The van der Waals surface area contributed by atoms with Crippen LogP contribution in [0.1, 0.15) is 12.0 Å². The Hall–Kier alpha value is -2.74. The quantitative estimate of drug-likeness (QED) is 0.588. The molecule has 8 heteroatoms. The molecule has 1 saturated heterocycles. The normalized spacial score (nSPS) is 17.5. The molecule has 1 fully saturated rings. The number of nitro benzene ring substituents is 1. The zero-order chi connectivity index (χ0) is 18.0. The van der Waals surface area contributed by atoms with Gasteiger partial charge in [0.2, 0.25) is 5.91 Å². The average Bonchev–Trinajstić information content (AvgIpc) is 3.18. The van der Waals surface area contributed by atoms with Crippen molar-refractivity contribution in [3.8, 4) is 0 Å². The minimum Gasteiger partial charge on any atom is -0.308 e. The number of carbonyl (C=O) groups is 1. The van der Waals surface area contributed by atoms with Crippen LogP contribution in [0.25, 0.3) is 0 Å². The second kappa shape index (κ2) is 7.02. The molecule has 1 atom stereocenters. The highest BCUT2D eigenvalue weighted by Gasteiger charge is 2.35. The minimum absolute atomic E-state index is 0.0538. The number of carbonyl (C=O) groups excluding carboxylic acids is 1. The second-order valence-electron chi connectivity index (χ2n) is 6.28. The monoisotopic (exact) mass is 343 g/mol. The Morgan fingerprint density at radius 3 is 2.84 bits per heavy atom. The number of rotatable bonds is 6. The average molecular weight is 343 g/mol. The van der Waals surface area contributed by atoms with Crippen molar-refractivity contribution in [3.05, 3.63) is 52.3 Å². The zero-order valence-electron chi connectivity index (χ0n) is 14.3. The largest absolute Gasteiger partial charge is 0.308 e. The first-order valence-electron chi connectivity index (χ1n) is 8.20. The van der Waals surface area contributed by atoms with Crippen molar-refractivity contribution < 1.29 is 9.72 Å². The molecule has 8 nitrogen and oxygen atoms in total. The van der Waals surface area contributed by atoms with E-state index in [2.05, 4.69) is 5.10 Å². The smallest absolute Gasteiger partial charge is 0.272 e. The number of nitro groups is 1. The van der Waals surface area contributed by atoms with Gasteiger partial charge in [0.15, 0.2) is 0 Å². The third-order valence-corrected chi connectivity index (χ3v) is 4.63. The zero-order valence-corrected chi connectivity index (χ0v) is 14.3. The van der Waals surface area contributed by atoms with Crippen molar-refractivity contribution >= 4 is 17.3 Å². The summed E-state index contributed by atoms with van der Waals surface area (Å²) in [6.45, 7) is 1.24. The lowest BCUT2D eigenvalue weighted by molar-refractivity contribution is -0.385. The number of amides is 1. The van der Waals surface area contributed by atoms with E-state index in [4.69, 9.17) is 0 Å². The summed E-state index contributed by atoms with van der Waals surface area (Å²) >= 11 is 0. The molecule has 0 saturated carbocycles. The van der Waals surface area contributed by atoms with E-state index in [0.717, 1.165) is 12.1 Å². The summed E-state index contributed by atoms with van der Waals surface area (Å²) in [5, 5.41) is 15.2. The molecule has 1 amide bonds. The summed E-state index contributed by atoms with van der Waals surface area (Å²) in [5.41, 5.74) is 1.63. The number of hydrogen-bond donors (Lipinski definition) is 0. The first kappa shape index (κ1) is 17.1. The third-order valence-electron chi connectivity index (χ3n) is 4.63. The Labute approximate surface area is 145 Å². The fourth-order valence-electron chi connectivity index (χ4n) is 3.23. The van der Waals surface area contributed by atoms with Crippen molar-refractivity contribution in [2.24, 2.45) is 7.05 Å². The van der Waals surface area contributed by atoms with Gasteiger partial charge in [-0.15, -0.1) is 0 Å². The maximum atomic E-state index is 12.7. The molecule has 0 bridgehead atoms. The van der Waals surface area contributed by atoms with Gasteiger partial charge in [0, 0.05) is 38.0 Å². The molecule has 0 unspecified atom stereocenters. The van der Waals surface area contributed by atoms with E-state index in [1.165, 1.54) is 6.07 Å². The van der Waals surface area contributed by atoms with Gasteiger partial charge >= 0.3 is 0 Å². The first-order chi connectivity index (χ1) is 12.0. The van der Waals surface area contributed by atoms with E-state index in [9.17, 15) is 14.9 Å². The van der Waals surface area contributed by atoms with Gasteiger partial charge in [-0.25, -0.2) is 0 Å². The maximum absolute atomic E-state index is 12.7. The number of aromatic nitrogens is 2. The van der Waals surface area contributed by atoms with Gasteiger partial charge in [-0.05, 0) is 19.9 Å². The number of anilines is 1. The van der Waals surface area contributed by atoms with Gasteiger partial charge in [-0.1, -0.05) is 18.2 Å². The molecular formula is C17H21N5O3. The third kappa shape index (κ3) is 3.53. The van der Waals surface area contributed by atoms with Gasteiger partial charge in [-0.3, -0.25) is 24.5 Å². The number of hydrogen-bond acceptors (Lipinski definition) is 5. The summed E-state index contributed by atoms with van der Waals surface area (Å²) in [6.07, 6.45) is 4.78. The summed E-state index contributed by atoms with van der Waals surface area (Å²) in [7, 11) is 3.71. The van der Waals surface area contributed by atoms with Gasteiger partial charge in [0.25, 0.3) is 5.69 Å². The van der Waals surface area contributed by atoms with E-state index in [0.29, 0.717) is 25.1 Å². The fourth-order valence-corrected chi connectivity index (χ4v) is 3.23. The maximum Gasteiger partial charge on any atom is 0.272 e. The molecule has 1 aliphatic heterocycles. The molecule has 0 aliphatic carbocycles. The highest BCUT2D eigenvalue weighted by molar-refractivity contribution is 5.99. The lowest BCUT2D eigenvalue weighted by atomic mass is 10.1. The molecule has 2 heterocycles. The van der Waals surface area contributed by atoms with E-state index in [-0.39, 0.29) is 22.6 Å². The summed E-state index contributed by atoms with van der Waals surface area (Å²) in [5.74, 6) is 0.0538. The summed E-state index contributed by atoms with van der Waals surface area (Å²) in [4.78, 5) is 27.2. The van der Waals surface area contributed by atoms with E-state index in [1.807, 2.05) is 25.2 Å². The highest BCUT2D eigenvalue weighted by atomic mass is 16.6. The highest BCUT2D eigenvalue weighted by Crippen LogP contribution is 2.24. The Morgan fingerprint density at radius 2 is 2.16 bits per heavy atom. The Balaban J connectivity index is 1.64. The van der Waals surface area contributed by atoms with Crippen molar-refractivity contribution in [1.29, 1.82) is 0 Å². The lowest BCUT2D eigenvalue weighted by Gasteiger charge is -2.23. The van der Waals surface area contributed by atoms with Gasteiger partial charge in [0.1, 0.15) is 0 Å². The Bertz CT molecular complexity index is 788. The van der Waals surface area contributed by atoms with Crippen LogP contribution in [0.2, 0.25) is 0 Å². The van der Waals surface area contributed by atoms with Crippen LogP contribution in [0.15, 0.2) is 36.7 Å². The number of aryl methyl sites for hydroxylation is 1. The van der Waals surface area contributed by atoms with Crippen molar-refractivity contribution in [2.45, 2.75) is 18.9 Å². The number of nitrogens with zero attached hydrogens (tertiary/aromatic N) is 5. The van der Waals surface area contributed by atoms with Gasteiger partial charge in [-0.2, -0.15) is 5.10 Å². The molecule has 1 aromatic carbocycles. The number of benzene rings is 1. The lowest BCUT2D eigenvalue weighted by Crippen LogP contribution is -2.40. The fraction of sp³-hybridized carbons (Fsp3) is 0.412. The summed E-state index contributed by atoms with van der Waals surface area (Å²) in [6, 6.07) is 6.54. The van der Waals surface area contributed by atoms with Crippen LogP contribution < -0.4 is 4.90 Å². The molecule has 0 radical (unpaired) electrons. The molecule has 0 N–H and O–H groups in total. The van der Waals surface area contributed by atoms with Gasteiger partial charge < -0.3 is 4.90 Å². The van der Waals surface area contributed by atoms with E-state index < -0.39 is 0 Å². The van der Waals surface area contributed by atoms with E-state index >= 15 is 0 Å². The predicted molar refractivity (Wildman–Crippen MR) is 93.4 cm³/mol. The molecule has 1 aromatic heterocycles. The van der Waals surface area contributed by atoms with Crippen LogP contribution in [0.4, 0.5) is 11.4 Å².